The number of carbonyl (C=O) groups excluding carboxylic acids is 2. The van der Waals surface area contributed by atoms with Gasteiger partial charge in [0.1, 0.15) is 5.58 Å². The zero-order valence-electron chi connectivity index (χ0n) is 25.2. The SMILES string of the molecule is O=C(N[C@H](C=C1CCC(c2ccccc2CN2CCCC2=O)CC1)C1CC1c1ccc(Cl)cc1)c1cc(=O)c2ccccc2o1. The van der Waals surface area contributed by atoms with Gasteiger partial charge in [-0.15, -0.1) is 0 Å². The van der Waals surface area contributed by atoms with Crippen LogP contribution in [0.4, 0.5) is 0 Å². The fourth-order valence-corrected chi connectivity index (χ4v) is 7.41. The average Bonchev–Trinajstić information content (AvgIpc) is 3.76. The van der Waals surface area contributed by atoms with Gasteiger partial charge in [0, 0.05) is 30.6 Å². The number of halogens is 1. The van der Waals surface area contributed by atoms with Gasteiger partial charge >= 0.3 is 0 Å². The summed E-state index contributed by atoms with van der Waals surface area (Å²) in [6.07, 6.45) is 8.80. The largest absolute Gasteiger partial charge is 0.451 e. The van der Waals surface area contributed by atoms with Crippen molar-refractivity contribution in [3.05, 3.63) is 128 Å². The molecule has 7 heteroatoms. The van der Waals surface area contributed by atoms with Gasteiger partial charge in [0.05, 0.1) is 11.4 Å². The van der Waals surface area contributed by atoms with Crippen LogP contribution in [0.2, 0.25) is 5.02 Å². The molecule has 230 valence electrons. The Morgan fingerprint density at radius 3 is 2.51 bits per heavy atom. The highest BCUT2D eigenvalue weighted by atomic mass is 35.5. The topological polar surface area (TPSA) is 79.6 Å². The molecule has 2 saturated carbocycles. The first-order valence-corrected chi connectivity index (χ1v) is 16.4. The smallest absolute Gasteiger partial charge is 0.287 e. The lowest BCUT2D eigenvalue weighted by Gasteiger charge is -2.28. The van der Waals surface area contributed by atoms with E-state index >= 15 is 0 Å². The lowest BCUT2D eigenvalue weighted by Crippen LogP contribution is -2.36. The second-order valence-corrected chi connectivity index (χ2v) is 13.2. The number of hydrogen-bond donors (Lipinski definition) is 1. The molecule has 3 aromatic carbocycles. The summed E-state index contributed by atoms with van der Waals surface area (Å²) in [5.74, 6) is 0.921. The molecule has 6 nitrogen and oxygen atoms in total. The molecule has 1 aliphatic heterocycles. The molecule has 7 rings (SSSR count). The summed E-state index contributed by atoms with van der Waals surface area (Å²) in [7, 11) is 0. The van der Waals surface area contributed by atoms with Crippen molar-refractivity contribution in [1.82, 2.24) is 10.2 Å². The molecule has 0 bridgehead atoms. The summed E-state index contributed by atoms with van der Waals surface area (Å²) in [6, 6.07) is 24.7. The van der Waals surface area contributed by atoms with E-state index in [2.05, 4.69) is 47.8 Å². The van der Waals surface area contributed by atoms with Crippen molar-refractivity contribution in [3.63, 3.8) is 0 Å². The molecular weight excluding hydrogens is 584 g/mol. The number of amides is 2. The Balaban J connectivity index is 1.09. The zero-order chi connectivity index (χ0) is 30.9. The maximum Gasteiger partial charge on any atom is 0.287 e. The summed E-state index contributed by atoms with van der Waals surface area (Å²) in [5.41, 5.74) is 5.37. The Kier molecular flexibility index (Phi) is 8.33. The molecule has 2 unspecified atom stereocenters. The van der Waals surface area contributed by atoms with E-state index in [0.29, 0.717) is 40.8 Å². The van der Waals surface area contributed by atoms with Crippen LogP contribution in [0.25, 0.3) is 11.0 Å². The Morgan fingerprint density at radius 1 is 0.978 bits per heavy atom. The first kappa shape index (κ1) is 29.5. The van der Waals surface area contributed by atoms with E-state index in [-0.39, 0.29) is 35.0 Å². The van der Waals surface area contributed by atoms with Crippen LogP contribution in [0.1, 0.15) is 84.0 Å². The Labute approximate surface area is 268 Å². The number of hydrogen-bond acceptors (Lipinski definition) is 4. The third-order valence-corrected chi connectivity index (χ3v) is 10.1. The molecule has 1 saturated heterocycles. The predicted octanol–water partition coefficient (Wildman–Crippen LogP) is 7.76. The summed E-state index contributed by atoms with van der Waals surface area (Å²) in [4.78, 5) is 40.5. The second-order valence-electron chi connectivity index (χ2n) is 12.7. The van der Waals surface area contributed by atoms with E-state index in [0.717, 1.165) is 45.1 Å². The van der Waals surface area contributed by atoms with Gasteiger partial charge in [0.25, 0.3) is 5.91 Å². The maximum absolute atomic E-state index is 13.5. The third kappa shape index (κ3) is 6.48. The number of benzene rings is 3. The highest BCUT2D eigenvalue weighted by Gasteiger charge is 2.44. The molecule has 1 N–H and O–H groups in total. The highest BCUT2D eigenvalue weighted by Crippen LogP contribution is 2.50. The number of allylic oxidation sites excluding steroid dienone is 1. The van der Waals surface area contributed by atoms with Gasteiger partial charge in [-0.1, -0.05) is 71.8 Å². The quantitative estimate of drug-likeness (QED) is 0.204. The molecule has 0 spiro atoms. The van der Waals surface area contributed by atoms with E-state index < -0.39 is 0 Å². The van der Waals surface area contributed by atoms with E-state index in [1.54, 1.807) is 24.3 Å². The number of rotatable bonds is 8. The van der Waals surface area contributed by atoms with Crippen molar-refractivity contribution >= 4 is 34.4 Å². The van der Waals surface area contributed by atoms with Gasteiger partial charge in [-0.05, 0) is 97.2 Å². The number of nitrogens with zero attached hydrogens (tertiary/aromatic N) is 1. The Bertz CT molecular complexity index is 1820. The van der Waals surface area contributed by atoms with Crippen molar-refractivity contribution in [2.45, 2.75) is 69.4 Å². The van der Waals surface area contributed by atoms with Crippen LogP contribution in [-0.2, 0) is 11.3 Å². The fourth-order valence-electron chi connectivity index (χ4n) is 7.29. The van der Waals surface area contributed by atoms with Crippen molar-refractivity contribution in [1.29, 1.82) is 0 Å². The average molecular weight is 621 g/mol. The van der Waals surface area contributed by atoms with Gasteiger partial charge in [-0.25, -0.2) is 0 Å². The van der Waals surface area contributed by atoms with Crippen LogP contribution in [0, 0.1) is 5.92 Å². The molecule has 4 aromatic rings. The third-order valence-electron chi connectivity index (χ3n) is 9.83. The minimum absolute atomic E-state index is 0.0302. The monoisotopic (exact) mass is 620 g/mol. The zero-order valence-corrected chi connectivity index (χ0v) is 26.0. The van der Waals surface area contributed by atoms with Crippen LogP contribution in [0.3, 0.4) is 0 Å². The first-order valence-electron chi connectivity index (χ1n) is 16.1. The molecule has 3 aliphatic rings. The maximum atomic E-state index is 13.5. The lowest BCUT2D eigenvalue weighted by atomic mass is 9.79. The van der Waals surface area contributed by atoms with Crippen molar-refractivity contribution in [2.75, 3.05) is 6.54 Å². The highest BCUT2D eigenvalue weighted by molar-refractivity contribution is 6.30. The minimum Gasteiger partial charge on any atom is -0.451 e. The number of nitrogens with one attached hydrogen (secondary N) is 1. The first-order chi connectivity index (χ1) is 21.9. The molecule has 3 fully saturated rings. The fraction of sp³-hybridized carbons (Fsp3) is 0.342. The van der Waals surface area contributed by atoms with E-state index in [9.17, 15) is 14.4 Å². The van der Waals surface area contributed by atoms with E-state index in [4.69, 9.17) is 16.0 Å². The van der Waals surface area contributed by atoms with Crippen LogP contribution in [0.15, 0.2) is 99.7 Å². The molecular formula is C38H37ClN2O4. The minimum atomic E-state index is -0.375. The van der Waals surface area contributed by atoms with Gasteiger partial charge < -0.3 is 14.6 Å². The number of carbonyl (C=O) groups is 2. The summed E-state index contributed by atoms with van der Waals surface area (Å²) < 4.78 is 5.88. The van der Waals surface area contributed by atoms with Crippen LogP contribution >= 0.6 is 11.6 Å². The Morgan fingerprint density at radius 2 is 1.73 bits per heavy atom. The van der Waals surface area contributed by atoms with E-state index in [1.807, 2.05) is 17.0 Å². The number of fused-ring (bicyclic) bond motifs is 1. The standard InChI is InChI=1S/C38H37ClN2O4/c39-28-17-15-26(16-18-28)31-21-32(31)33(40-38(44)36-22-34(42)30-8-3-4-9-35(30)45-36)20-24-11-13-25(14-12-24)29-7-2-1-6-27(29)23-41-19-5-10-37(41)43/h1-4,6-9,15-18,20,22,25,31-33H,5,10-14,19,21,23H2,(H,40,44)/t25?,31?,32?,33-/m1/s1. The molecule has 2 heterocycles. The molecule has 0 radical (unpaired) electrons. The normalized spacial score (nSPS) is 22.0. The van der Waals surface area contributed by atoms with Gasteiger partial charge in [0.2, 0.25) is 5.91 Å². The van der Waals surface area contributed by atoms with Crippen LogP contribution < -0.4 is 10.7 Å². The molecule has 1 aromatic heterocycles. The summed E-state index contributed by atoms with van der Waals surface area (Å²) >= 11 is 6.15. The van der Waals surface area contributed by atoms with Crippen molar-refractivity contribution in [3.8, 4) is 0 Å². The van der Waals surface area contributed by atoms with Crippen molar-refractivity contribution in [2.24, 2.45) is 5.92 Å². The predicted molar refractivity (Wildman–Crippen MR) is 176 cm³/mol. The summed E-state index contributed by atoms with van der Waals surface area (Å²) in [5, 5.41) is 4.40. The van der Waals surface area contributed by atoms with Crippen molar-refractivity contribution < 1.29 is 14.0 Å². The summed E-state index contributed by atoms with van der Waals surface area (Å²) in [6.45, 7) is 1.54. The van der Waals surface area contributed by atoms with Gasteiger partial charge in [0.15, 0.2) is 11.2 Å². The van der Waals surface area contributed by atoms with Crippen LogP contribution in [0.5, 0.6) is 0 Å². The molecule has 45 heavy (non-hydrogen) atoms. The van der Waals surface area contributed by atoms with Crippen LogP contribution in [-0.4, -0.2) is 29.3 Å². The molecule has 2 aliphatic carbocycles. The van der Waals surface area contributed by atoms with Gasteiger partial charge in [-0.3, -0.25) is 14.4 Å². The molecule has 2 amide bonds. The van der Waals surface area contributed by atoms with Gasteiger partial charge in [-0.2, -0.15) is 0 Å². The number of likely N-dealkylation sites (tertiary alicyclic amines) is 1. The Hall–Kier alpha value is -4.16. The van der Waals surface area contributed by atoms with E-state index in [1.165, 1.54) is 28.3 Å². The second kappa shape index (κ2) is 12.7. The molecule has 3 atom stereocenters. The lowest BCUT2D eigenvalue weighted by molar-refractivity contribution is -0.128. The number of para-hydroxylation sites is 1.